The van der Waals surface area contributed by atoms with Crippen LogP contribution in [-0.4, -0.2) is 40.6 Å². The summed E-state index contributed by atoms with van der Waals surface area (Å²) in [7, 11) is 0. The van der Waals surface area contributed by atoms with E-state index in [1.165, 1.54) is 0 Å². The Morgan fingerprint density at radius 2 is 2.00 bits per heavy atom. The molecule has 0 spiro atoms. The lowest BCUT2D eigenvalue weighted by Gasteiger charge is -2.31. The van der Waals surface area contributed by atoms with E-state index in [9.17, 15) is 9.59 Å². The minimum Gasteiger partial charge on any atom is -0.481 e. The highest BCUT2D eigenvalue weighted by molar-refractivity contribution is 5.75. The maximum atomic E-state index is 12.2. The number of rotatable bonds is 8. The molecule has 1 unspecified atom stereocenters. The van der Waals surface area contributed by atoms with Crippen LogP contribution in [0.15, 0.2) is 0 Å². The van der Waals surface area contributed by atoms with Gasteiger partial charge in [-0.05, 0) is 45.4 Å². The molecule has 5 nitrogen and oxygen atoms in total. The van der Waals surface area contributed by atoms with Crippen LogP contribution in [0.3, 0.4) is 0 Å². The minimum atomic E-state index is -0.737. The molecule has 1 heterocycles. The van der Waals surface area contributed by atoms with Gasteiger partial charge in [-0.2, -0.15) is 0 Å². The van der Waals surface area contributed by atoms with E-state index in [0.29, 0.717) is 18.9 Å². The van der Waals surface area contributed by atoms with Gasteiger partial charge in [0.1, 0.15) is 0 Å². The van der Waals surface area contributed by atoms with Gasteiger partial charge in [0.15, 0.2) is 0 Å². The largest absolute Gasteiger partial charge is 0.481 e. The highest BCUT2D eigenvalue weighted by atomic mass is 16.4. The van der Waals surface area contributed by atoms with E-state index in [-0.39, 0.29) is 18.0 Å². The zero-order valence-corrected chi connectivity index (χ0v) is 13.7. The van der Waals surface area contributed by atoms with Crippen molar-refractivity contribution < 1.29 is 14.7 Å². The molecule has 1 fully saturated rings. The first-order valence-electron chi connectivity index (χ1n) is 8.14. The highest BCUT2D eigenvalue weighted by Crippen LogP contribution is 2.28. The van der Waals surface area contributed by atoms with Crippen LogP contribution in [0, 0.1) is 5.92 Å². The first-order valence-corrected chi connectivity index (χ1v) is 8.14. The molecular weight excluding hydrogens is 268 g/mol. The summed E-state index contributed by atoms with van der Waals surface area (Å²) in [4.78, 5) is 24.8. The van der Waals surface area contributed by atoms with Crippen molar-refractivity contribution in [2.45, 2.75) is 71.3 Å². The molecule has 0 aromatic carbocycles. The van der Waals surface area contributed by atoms with Gasteiger partial charge in [-0.15, -0.1) is 0 Å². The van der Waals surface area contributed by atoms with E-state index < -0.39 is 5.97 Å². The summed E-state index contributed by atoms with van der Waals surface area (Å²) in [5.74, 6) is -0.350. The van der Waals surface area contributed by atoms with Gasteiger partial charge < -0.3 is 15.3 Å². The smallest absolute Gasteiger partial charge is 0.317 e. The number of aliphatic carboxylic acids is 1. The zero-order valence-electron chi connectivity index (χ0n) is 13.7. The number of likely N-dealkylation sites (tertiary alicyclic amines) is 1. The lowest BCUT2D eigenvalue weighted by Crippen LogP contribution is -2.48. The van der Waals surface area contributed by atoms with Crippen molar-refractivity contribution in [3.63, 3.8) is 0 Å². The van der Waals surface area contributed by atoms with Crippen molar-refractivity contribution in [1.82, 2.24) is 10.2 Å². The summed E-state index contributed by atoms with van der Waals surface area (Å²) >= 11 is 0. The normalized spacial score (nSPS) is 18.5. The zero-order chi connectivity index (χ0) is 15.9. The lowest BCUT2D eigenvalue weighted by molar-refractivity contribution is -0.137. The minimum absolute atomic E-state index is 0.0194. The topological polar surface area (TPSA) is 69.6 Å². The molecule has 2 N–H and O–H groups in total. The molecule has 1 atom stereocenters. The number of hydrogen-bond acceptors (Lipinski definition) is 2. The predicted molar refractivity (Wildman–Crippen MR) is 83.3 cm³/mol. The van der Waals surface area contributed by atoms with E-state index in [1.54, 1.807) is 0 Å². The summed E-state index contributed by atoms with van der Waals surface area (Å²) in [5.41, 5.74) is -0.0454. The fourth-order valence-corrected chi connectivity index (χ4v) is 3.13. The van der Waals surface area contributed by atoms with Gasteiger partial charge in [0.05, 0.1) is 0 Å². The molecule has 5 heteroatoms. The van der Waals surface area contributed by atoms with Gasteiger partial charge >= 0.3 is 12.0 Å². The Balaban J connectivity index is 2.32. The Morgan fingerprint density at radius 1 is 1.29 bits per heavy atom. The van der Waals surface area contributed by atoms with Gasteiger partial charge in [-0.1, -0.05) is 19.8 Å². The number of amides is 2. The summed E-state index contributed by atoms with van der Waals surface area (Å²) < 4.78 is 0. The first kappa shape index (κ1) is 17.8. The molecule has 2 amide bonds. The van der Waals surface area contributed by atoms with Gasteiger partial charge in [-0.3, -0.25) is 4.79 Å². The molecule has 0 aromatic rings. The molecule has 0 radical (unpaired) electrons. The molecule has 0 aromatic heterocycles. The predicted octanol–water partition coefficient (Wildman–Crippen LogP) is 3.24. The number of carboxylic acids is 1. The molecule has 0 bridgehead atoms. The SMILES string of the molecule is CCCC(CCNC(=O)N1CCCC1(C)C)CCC(=O)O. The Morgan fingerprint density at radius 3 is 2.52 bits per heavy atom. The molecule has 1 aliphatic heterocycles. The van der Waals surface area contributed by atoms with Crippen LogP contribution >= 0.6 is 0 Å². The maximum absolute atomic E-state index is 12.2. The third kappa shape index (κ3) is 5.94. The number of urea groups is 1. The van der Waals surface area contributed by atoms with Crippen molar-refractivity contribution in [3.05, 3.63) is 0 Å². The fourth-order valence-electron chi connectivity index (χ4n) is 3.13. The van der Waals surface area contributed by atoms with Crippen LogP contribution in [-0.2, 0) is 4.79 Å². The van der Waals surface area contributed by atoms with Crippen LogP contribution in [0.25, 0.3) is 0 Å². The highest BCUT2D eigenvalue weighted by Gasteiger charge is 2.35. The van der Waals surface area contributed by atoms with Crippen LogP contribution in [0.1, 0.15) is 65.7 Å². The number of nitrogens with zero attached hydrogens (tertiary/aromatic N) is 1. The number of carboxylic acid groups (broad SMARTS) is 1. The van der Waals surface area contributed by atoms with Crippen LogP contribution in [0.4, 0.5) is 4.79 Å². The van der Waals surface area contributed by atoms with Crippen LogP contribution < -0.4 is 5.32 Å². The monoisotopic (exact) mass is 298 g/mol. The fraction of sp³-hybridized carbons (Fsp3) is 0.875. The average Bonchev–Trinajstić information content (AvgIpc) is 2.75. The molecule has 0 saturated carbocycles. The van der Waals surface area contributed by atoms with Crippen molar-refractivity contribution in [2.24, 2.45) is 5.92 Å². The molecule has 1 aliphatic rings. The van der Waals surface area contributed by atoms with E-state index >= 15 is 0 Å². The Bertz CT molecular complexity index is 355. The standard InChI is InChI=1S/C16H30N2O3/c1-4-6-13(7-8-14(19)20)9-11-17-15(21)18-12-5-10-16(18,2)3/h13H,4-12H2,1-3H3,(H,17,21)(H,19,20). The summed E-state index contributed by atoms with van der Waals surface area (Å²) in [6.07, 6.45) is 5.98. The molecule has 1 rings (SSSR count). The molecule has 0 aliphatic carbocycles. The summed E-state index contributed by atoms with van der Waals surface area (Å²) in [6, 6.07) is 0.0194. The molecule has 21 heavy (non-hydrogen) atoms. The van der Waals surface area contributed by atoms with Gasteiger partial charge in [0, 0.05) is 25.0 Å². The van der Waals surface area contributed by atoms with E-state index in [0.717, 1.165) is 38.6 Å². The van der Waals surface area contributed by atoms with Crippen LogP contribution in [0.2, 0.25) is 0 Å². The number of hydrogen-bond donors (Lipinski definition) is 2. The van der Waals surface area contributed by atoms with Crippen molar-refractivity contribution in [2.75, 3.05) is 13.1 Å². The van der Waals surface area contributed by atoms with Crippen molar-refractivity contribution in [1.29, 1.82) is 0 Å². The summed E-state index contributed by atoms with van der Waals surface area (Å²) in [5, 5.41) is 11.8. The average molecular weight is 298 g/mol. The molecule has 1 saturated heterocycles. The third-order valence-corrected chi connectivity index (χ3v) is 4.44. The quantitative estimate of drug-likeness (QED) is 0.722. The Labute approximate surface area is 128 Å². The number of carbonyl (C=O) groups is 2. The van der Waals surface area contributed by atoms with Gasteiger partial charge in [0.25, 0.3) is 0 Å². The third-order valence-electron chi connectivity index (χ3n) is 4.44. The van der Waals surface area contributed by atoms with E-state index in [4.69, 9.17) is 5.11 Å². The van der Waals surface area contributed by atoms with Gasteiger partial charge in [0.2, 0.25) is 0 Å². The maximum Gasteiger partial charge on any atom is 0.317 e. The second-order valence-electron chi connectivity index (χ2n) is 6.68. The Kier molecular flexibility index (Phi) is 6.99. The second-order valence-corrected chi connectivity index (χ2v) is 6.68. The lowest BCUT2D eigenvalue weighted by atomic mass is 9.94. The van der Waals surface area contributed by atoms with Crippen molar-refractivity contribution >= 4 is 12.0 Å². The molecular formula is C16H30N2O3. The van der Waals surface area contributed by atoms with E-state index in [2.05, 4.69) is 26.1 Å². The van der Waals surface area contributed by atoms with Crippen LogP contribution in [0.5, 0.6) is 0 Å². The summed E-state index contributed by atoms with van der Waals surface area (Å²) in [6.45, 7) is 7.78. The Hall–Kier alpha value is -1.26. The van der Waals surface area contributed by atoms with Gasteiger partial charge in [-0.25, -0.2) is 4.79 Å². The number of carbonyl (C=O) groups excluding carboxylic acids is 1. The number of nitrogens with one attached hydrogen (secondary N) is 1. The first-order chi connectivity index (χ1) is 9.86. The van der Waals surface area contributed by atoms with E-state index in [1.807, 2.05) is 4.90 Å². The molecule has 122 valence electrons. The second kappa shape index (κ2) is 8.25. The van der Waals surface area contributed by atoms with Crippen molar-refractivity contribution in [3.8, 4) is 0 Å².